The molecule has 1 aliphatic rings. The molecule has 1 aliphatic heterocycles. The Morgan fingerprint density at radius 1 is 1.17 bits per heavy atom. The molecule has 1 atom stereocenters. The number of aromatic nitrogens is 2. The lowest BCUT2D eigenvalue weighted by Gasteiger charge is -2.24. The molecule has 4 heteroatoms. The maximum Gasteiger partial charge on any atom is 0.137 e. The van der Waals surface area contributed by atoms with Crippen molar-refractivity contribution < 1.29 is 4.79 Å². The van der Waals surface area contributed by atoms with Crippen molar-refractivity contribution in [1.82, 2.24) is 9.97 Å². The fourth-order valence-electron chi connectivity index (χ4n) is 2.91. The molecule has 2 aromatic heterocycles. The second kappa shape index (κ2) is 5.32. The molecule has 0 fully saturated rings. The van der Waals surface area contributed by atoms with Crippen LogP contribution < -0.4 is 0 Å². The van der Waals surface area contributed by atoms with E-state index in [-0.39, 0.29) is 0 Å². The molecule has 0 aliphatic carbocycles. The Bertz CT molecular complexity index is 924. The van der Waals surface area contributed by atoms with E-state index in [4.69, 9.17) is 0 Å². The summed E-state index contributed by atoms with van der Waals surface area (Å²) >= 11 is 0. The molecular formula is C19H15N3O. The van der Waals surface area contributed by atoms with E-state index in [1.165, 1.54) is 0 Å². The molecule has 112 valence electrons. The van der Waals surface area contributed by atoms with Crippen LogP contribution in [-0.4, -0.2) is 29.0 Å². The van der Waals surface area contributed by atoms with Gasteiger partial charge in [0.1, 0.15) is 11.9 Å². The fraction of sp³-hybridized carbons (Fsp3) is 0.105. The SMILES string of the molecule is O=CC1(c2cnc3[nH]c(-c4ccccc4)cc3c2)C=CC=NC1. The first kappa shape index (κ1) is 13.6. The van der Waals surface area contributed by atoms with Crippen LogP contribution >= 0.6 is 0 Å². The average Bonchev–Trinajstić information content (AvgIpc) is 3.06. The molecule has 0 saturated heterocycles. The second-order valence-corrected chi connectivity index (χ2v) is 5.72. The zero-order chi connectivity index (χ0) is 15.7. The maximum atomic E-state index is 11.7. The molecule has 1 aromatic carbocycles. The monoisotopic (exact) mass is 301 g/mol. The standard InChI is InChI=1S/C19H15N3O/c23-13-19(7-4-8-20-12-19)16-9-15-10-17(22-18(15)21-11-16)14-5-2-1-3-6-14/h1-11,13H,12H2,(H,21,22). The number of nitrogens with one attached hydrogen (secondary N) is 1. The molecule has 23 heavy (non-hydrogen) atoms. The Balaban J connectivity index is 1.81. The van der Waals surface area contributed by atoms with E-state index in [9.17, 15) is 4.79 Å². The highest BCUT2D eigenvalue weighted by Crippen LogP contribution is 2.29. The normalized spacial score (nSPS) is 20.0. The first-order chi connectivity index (χ1) is 11.3. The Hall–Kier alpha value is -3.01. The number of aliphatic imine (C=N–C) groups is 1. The van der Waals surface area contributed by atoms with Gasteiger partial charge in [0.2, 0.25) is 0 Å². The van der Waals surface area contributed by atoms with Crippen molar-refractivity contribution in [2.45, 2.75) is 5.41 Å². The Morgan fingerprint density at radius 3 is 2.78 bits per heavy atom. The minimum atomic E-state index is -0.708. The van der Waals surface area contributed by atoms with E-state index in [1.54, 1.807) is 12.4 Å². The summed E-state index contributed by atoms with van der Waals surface area (Å²) < 4.78 is 0. The minimum absolute atomic E-state index is 0.427. The largest absolute Gasteiger partial charge is 0.339 e. The van der Waals surface area contributed by atoms with Crippen molar-refractivity contribution in [3.05, 3.63) is 66.4 Å². The van der Waals surface area contributed by atoms with Gasteiger partial charge in [-0.3, -0.25) is 4.99 Å². The highest BCUT2D eigenvalue weighted by Gasteiger charge is 2.30. The third kappa shape index (κ3) is 2.28. The smallest absolute Gasteiger partial charge is 0.137 e. The number of carbonyl (C=O) groups excluding carboxylic acids is 1. The van der Waals surface area contributed by atoms with E-state index in [1.807, 2.05) is 36.4 Å². The van der Waals surface area contributed by atoms with Crippen molar-refractivity contribution in [3.63, 3.8) is 0 Å². The Morgan fingerprint density at radius 2 is 2.04 bits per heavy atom. The van der Waals surface area contributed by atoms with Crippen LogP contribution in [-0.2, 0) is 10.2 Å². The van der Waals surface area contributed by atoms with Crippen LogP contribution in [0.25, 0.3) is 22.3 Å². The molecule has 3 aromatic rings. The number of H-pyrrole nitrogens is 1. The van der Waals surface area contributed by atoms with Gasteiger partial charge in [0, 0.05) is 23.5 Å². The van der Waals surface area contributed by atoms with Gasteiger partial charge >= 0.3 is 0 Å². The lowest BCUT2D eigenvalue weighted by molar-refractivity contribution is -0.111. The molecule has 0 saturated carbocycles. The van der Waals surface area contributed by atoms with Crippen LogP contribution in [0.4, 0.5) is 0 Å². The zero-order valence-electron chi connectivity index (χ0n) is 12.4. The number of fused-ring (bicyclic) bond motifs is 1. The average molecular weight is 301 g/mol. The van der Waals surface area contributed by atoms with Gasteiger partial charge in [0.25, 0.3) is 0 Å². The van der Waals surface area contributed by atoms with Gasteiger partial charge in [0.05, 0.1) is 12.0 Å². The highest BCUT2D eigenvalue weighted by molar-refractivity contribution is 5.86. The third-order valence-electron chi connectivity index (χ3n) is 4.24. The fourth-order valence-corrected chi connectivity index (χ4v) is 2.91. The van der Waals surface area contributed by atoms with E-state index >= 15 is 0 Å². The van der Waals surface area contributed by atoms with Gasteiger partial charge in [-0.2, -0.15) is 0 Å². The van der Waals surface area contributed by atoms with Crippen LogP contribution in [0.3, 0.4) is 0 Å². The number of pyridine rings is 1. The van der Waals surface area contributed by atoms with Crippen molar-refractivity contribution in [2.24, 2.45) is 4.99 Å². The van der Waals surface area contributed by atoms with Gasteiger partial charge in [-0.15, -0.1) is 0 Å². The number of carbonyl (C=O) groups is 1. The van der Waals surface area contributed by atoms with Gasteiger partial charge in [-0.25, -0.2) is 4.98 Å². The molecule has 0 radical (unpaired) electrons. The van der Waals surface area contributed by atoms with E-state index < -0.39 is 5.41 Å². The quantitative estimate of drug-likeness (QED) is 0.755. The number of nitrogens with zero attached hydrogens (tertiary/aromatic N) is 2. The molecule has 4 rings (SSSR count). The molecule has 0 bridgehead atoms. The van der Waals surface area contributed by atoms with Gasteiger partial charge in [-0.05, 0) is 29.3 Å². The van der Waals surface area contributed by atoms with Crippen molar-refractivity contribution in [2.75, 3.05) is 6.54 Å². The summed E-state index contributed by atoms with van der Waals surface area (Å²) in [5, 5.41) is 0.991. The van der Waals surface area contributed by atoms with Crippen molar-refractivity contribution in [3.8, 4) is 11.3 Å². The molecule has 1 unspecified atom stereocenters. The first-order valence-corrected chi connectivity index (χ1v) is 7.49. The summed E-state index contributed by atoms with van der Waals surface area (Å²) in [5.41, 5.74) is 3.10. The van der Waals surface area contributed by atoms with Crippen LogP contribution in [0.1, 0.15) is 5.56 Å². The Kier molecular flexibility index (Phi) is 3.15. The van der Waals surface area contributed by atoms with Crippen LogP contribution in [0.5, 0.6) is 0 Å². The summed E-state index contributed by atoms with van der Waals surface area (Å²) in [6.07, 6.45) is 8.13. The van der Waals surface area contributed by atoms with Gasteiger partial charge in [-0.1, -0.05) is 36.4 Å². The maximum absolute atomic E-state index is 11.7. The summed E-state index contributed by atoms with van der Waals surface area (Å²) in [7, 11) is 0. The molecular weight excluding hydrogens is 286 g/mol. The number of rotatable bonds is 3. The second-order valence-electron chi connectivity index (χ2n) is 5.72. The lowest BCUT2D eigenvalue weighted by Crippen LogP contribution is -2.31. The minimum Gasteiger partial charge on any atom is -0.339 e. The number of hydrogen-bond donors (Lipinski definition) is 1. The summed E-state index contributed by atoms with van der Waals surface area (Å²) in [5.74, 6) is 0. The number of benzene rings is 1. The van der Waals surface area contributed by atoms with Crippen molar-refractivity contribution >= 4 is 23.5 Å². The number of aldehydes is 1. The predicted molar refractivity (Wildman–Crippen MR) is 91.8 cm³/mol. The van der Waals surface area contributed by atoms with Gasteiger partial charge < -0.3 is 9.78 Å². The molecule has 3 heterocycles. The van der Waals surface area contributed by atoms with Crippen LogP contribution in [0.2, 0.25) is 0 Å². The van der Waals surface area contributed by atoms with E-state index in [0.717, 1.165) is 34.1 Å². The number of hydrogen-bond acceptors (Lipinski definition) is 3. The molecule has 4 nitrogen and oxygen atoms in total. The van der Waals surface area contributed by atoms with E-state index in [2.05, 4.69) is 33.2 Å². The summed E-state index contributed by atoms with van der Waals surface area (Å²) in [4.78, 5) is 23.7. The molecule has 0 amide bonds. The topological polar surface area (TPSA) is 58.1 Å². The van der Waals surface area contributed by atoms with Crippen LogP contribution in [0.15, 0.2) is 65.8 Å². The number of allylic oxidation sites excluding steroid dienone is 1. The predicted octanol–water partition coefficient (Wildman–Crippen LogP) is 3.31. The lowest BCUT2D eigenvalue weighted by atomic mass is 9.81. The van der Waals surface area contributed by atoms with E-state index in [0.29, 0.717) is 6.54 Å². The van der Waals surface area contributed by atoms with Gasteiger partial charge in [0.15, 0.2) is 0 Å². The first-order valence-electron chi connectivity index (χ1n) is 7.49. The Labute approximate surface area is 133 Å². The highest BCUT2D eigenvalue weighted by atomic mass is 16.1. The number of dihydropyridines is 1. The molecule has 0 spiro atoms. The van der Waals surface area contributed by atoms with Crippen LogP contribution in [0, 0.1) is 0 Å². The summed E-state index contributed by atoms with van der Waals surface area (Å²) in [6, 6.07) is 14.2. The number of aromatic amines is 1. The zero-order valence-corrected chi connectivity index (χ0v) is 12.4. The van der Waals surface area contributed by atoms with Crippen molar-refractivity contribution in [1.29, 1.82) is 0 Å². The molecule has 1 N–H and O–H groups in total. The third-order valence-corrected chi connectivity index (χ3v) is 4.24. The summed E-state index contributed by atoms with van der Waals surface area (Å²) in [6.45, 7) is 0.427.